The van der Waals surface area contributed by atoms with Gasteiger partial charge in [0.15, 0.2) is 5.79 Å². The van der Waals surface area contributed by atoms with Gasteiger partial charge in [-0.2, -0.15) is 5.26 Å². The van der Waals surface area contributed by atoms with Crippen molar-refractivity contribution in [1.82, 2.24) is 0 Å². The number of hydrogen-bond donors (Lipinski definition) is 0. The van der Waals surface area contributed by atoms with Gasteiger partial charge in [0, 0.05) is 0 Å². The van der Waals surface area contributed by atoms with Crippen molar-refractivity contribution in [1.29, 1.82) is 5.26 Å². The molecule has 180 valence electrons. The molecule has 3 aromatic rings. The summed E-state index contributed by atoms with van der Waals surface area (Å²) in [6.07, 6.45) is -0.914. The SMILES string of the molecule is CC1(C)O[C@@H]2C(COC(c3ccccc3)(c3ccccc3)c3ccccc3)O[C@H](CC#N)[C@]2(C)O1. The Morgan fingerprint density at radius 3 is 1.77 bits per heavy atom. The Bertz CT molecular complexity index is 1080. The quantitative estimate of drug-likeness (QED) is 0.423. The monoisotopic (exact) mass is 469 g/mol. The van der Waals surface area contributed by atoms with Crippen LogP contribution in [-0.2, 0) is 24.5 Å². The highest BCUT2D eigenvalue weighted by molar-refractivity contribution is 5.47. The number of benzene rings is 3. The maximum atomic E-state index is 9.43. The van der Waals surface area contributed by atoms with Crippen LogP contribution in [-0.4, -0.2) is 36.3 Å². The van der Waals surface area contributed by atoms with E-state index in [1.54, 1.807) is 0 Å². The number of ether oxygens (including phenoxy) is 4. The van der Waals surface area contributed by atoms with Crippen LogP contribution in [0.3, 0.4) is 0 Å². The van der Waals surface area contributed by atoms with Gasteiger partial charge in [0.2, 0.25) is 0 Å². The van der Waals surface area contributed by atoms with E-state index >= 15 is 0 Å². The lowest BCUT2D eigenvalue weighted by Crippen LogP contribution is -2.44. The summed E-state index contributed by atoms with van der Waals surface area (Å²) in [6, 6.07) is 33.0. The lowest BCUT2D eigenvalue weighted by atomic mass is 9.80. The predicted octanol–water partition coefficient (Wildman–Crippen LogP) is 5.59. The maximum absolute atomic E-state index is 9.43. The van der Waals surface area contributed by atoms with E-state index in [-0.39, 0.29) is 19.1 Å². The minimum atomic E-state index is -0.855. The number of nitrogens with zero attached hydrogens (tertiary/aromatic N) is 1. The van der Waals surface area contributed by atoms with E-state index in [1.807, 2.05) is 75.4 Å². The van der Waals surface area contributed by atoms with Crippen molar-refractivity contribution < 1.29 is 18.9 Å². The molecular weight excluding hydrogens is 438 g/mol. The van der Waals surface area contributed by atoms with Crippen molar-refractivity contribution in [3.63, 3.8) is 0 Å². The Labute approximate surface area is 207 Å². The molecule has 0 radical (unpaired) electrons. The molecule has 0 aliphatic carbocycles. The lowest BCUT2D eigenvalue weighted by molar-refractivity contribution is -0.208. The smallest absolute Gasteiger partial charge is 0.164 e. The summed E-state index contributed by atoms with van der Waals surface area (Å²) in [5.74, 6) is -0.759. The molecule has 0 aromatic heterocycles. The Balaban J connectivity index is 1.56. The molecular formula is C30H31NO4. The van der Waals surface area contributed by atoms with Crippen molar-refractivity contribution in [2.24, 2.45) is 0 Å². The molecule has 2 fully saturated rings. The molecule has 0 N–H and O–H groups in total. The van der Waals surface area contributed by atoms with Crippen LogP contribution in [0.2, 0.25) is 0 Å². The number of fused-ring (bicyclic) bond motifs is 1. The normalized spacial score (nSPS) is 27.3. The number of nitriles is 1. The van der Waals surface area contributed by atoms with Crippen molar-refractivity contribution in [2.45, 2.75) is 62.5 Å². The fourth-order valence-corrected chi connectivity index (χ4v) is 5.58. The molecule has 2 heterocycles. The van der Waals surface area contributed by atoms with Gasteiger partial charge in [-0.05, 0) is 37.5 Å². The molecule has 0 spiro atoms. The average Bonchev–Trinajstić information content (AvgIpc) is 3.27. The predicted molar refractivity (Wildman–Crippen MR) is 132 cm³/mol. The molecule has 0 amide bonds. The van der Waals surface area contributed by atoms with E-state index in [0.717, 1.165) is 16.7 Å². The maximum Gasteiger partial charge on any atom is 0.164 e. The Morgan fingerprint density at radius 1 is 0.829 bits per heavy atom. The van der Waals surface area contributed by atoms with E-state index < -0.39 is 29.2 Å². The summed E-state index contributed by atoms with van der Waals surface area (Å²) in [4.78, 5) is 0. The highest BCUT2D eigenvalue weighted by atomic mass is 16.8. The van der Waals surface area contributed by atoms with Crippen LogP contribution in [0.25, 0.3) is 0 Å². The van der Waals surface area contributed by atoms with Crippen LogP contribution in [0.1, 0.15) is 43.9 Å². The molecule has 35 heavy (non-hydrogen) atoms. The third-order valence-corrected chi connectivity index (χ3v) is 7.04. The van der Waals surface area contributed by atoms with Crippen LogP contribution in [0, 0.1) is 11.3 Å². The zero-order valence-electron chi connectivity index (χ0n) is 20.4. The minimum absolute atomic E-state index is 0.226. The van der Waals surface area contributed by atoms with Crippen LogP contribution >= 0.6 is 0 Å². The standard InChI is InChI=1S/C30H31NO4/c1-28(2)34-27-25(33-26(19-20-31)29(27,3)35-28)21-32-30(22-13-7-4-8-14-22,23-15-9-5-10-16-23)24-17-11-6-12-18-24/h4-18,25-27H,19,21H2,1-3H3/t25?,26-,27-,29+/m1/s1. The van der Waals surface area contributed by atoms with Crippen molar-refractivity contribution in [3.8, 4) is 6.07 Å². The highest BCUT2D eigenvalue weighted by Gasteiger charge is 2.63. The molecule has 2 saturated heterocycles. The van der Waals surface area contributed by atoms with Gasteiger partial charge in [-0.15, -0.1) is 0 Å². The van der Waals surface area contributed by atoms with E-state index in [9.17, 15) is 5.26 Å². The van der Waals surface area contributed by atoms with Gasteiger partial charge in [0.1, 0.15) is 29.5 Å². The fourth-order valence-electron chi connectivity index (χ4n) is 5.58. The largest absolute Gasteiger partial charge is 0.366 e. The van der Waals surface area contributed by atoms with Crippen molar-refractivity contribution >= 4 is 0 Å². The zero-order chi connectivity index (χ0) is 24.5. The van der Waals surface area contributed by atoms with Gasteiger partial charge < -0.3 is 18.9 Å². The molecule has 0 saturated carbocycles. The van der Waals surface area contributed by atoms with Gasteiger partial charge in [-0.3, -0.25) is 0 Å². The van der Waals surface area contributed by atoms with Crippen LogP contribution in [0.5, 0.6) is 0 Å². The second-order valence-electron chi connectivity index (χ2n) is 9.84. The lowest BCUT2D eigenvalue weighted by Gasteiger charge is -2.37. The van der Waals surface area contributed by atoms with E-state index in [1.165, 1.54) is 0 Å². The fraction of sp³-hybridized carbons (Fsp3) is 0.367. The van der Waals surface area contributed by atoms with Crippen LogP contribution in [0.15, 0.2) is 91.0 Å². The van der Waals surface area contributed by atoms with Crippen LogP contribution < -0.4 is 0 Å². The van der Waals surface area contributed by atoms with Gasteiger partial charge >= 0.3 is 0 Å². The molecule has 2 aliphatic heterocycles. The molecule has 5 heteroatoms. The average molecular weight is 470 g/mol. The first-order valence-electron chi connectivity index (χ1n) is 12.1. The summed E-state index contributed by atoms with van der Waals surface area (Å²) in [7, 11) is 0. The summed E-state index contributed by atoms with van der Waals surface area (Å²) in [5.41, 5.74) is 1.50. The second kappa shape index (κ2) is 9.22. The first-order valence-corrected chi connectivity index (χ1v) is 12.1. The Morgan fingerprint density at radius 2 is 1.31 bits per heavy atom. The van der Waals surface area contributed by atoms with Crippen molar-refractivity contribution in [3.05, 3.63) is 108 Å². The molecule has 2 aliphatic rings. The highest BCUT2D eigenvalue weighted by Crippen LogP contribution is 2.48. The summed E-state index contributed by atoms with van der Waals surface area (Å²) < 4.78 is 25.9. The van der Waals surface area contributed by atoms with Gasteiger partial charge in [-0.1, -0.05) is 91.0 Å². The van der Waals surface area contributed by atoms with E-state index in [0.29, 0.717) is 0 Å². The van der Waals surface area contributed by atoms with Gasteiger partial charge in [-0.25, -0.2) is 0 Å². The van der Waals surface area contributed by atoms with Gasteiger partial charge in [0.25, 0.3) is 0 Å². The molecule has 3 aromatic carbocycles. The third-order valence-electron chi connectivity index (χ3n) is 7.04. The second-order valence-corrected chi connectivity index (χ2v) is 9.84. The molecule has 1 unspecified atom stereocenters. The zero-order valence-corrected chi connectivity index (χ0v) is 20.4. The first kappa shape index (κ1) is 23.7. The summed E-state index contributed by atoms with van der Waals surface area (Å²) in [6.45, 7) is 6.05. The first-order chi connectivity index (χ1) is 16.9. The number of rotatable bonds is 7. The van der Waals surface area contributed by atoms with Gasteiger partial charge in [0.05, 0.1) is 19.1 Å². The Kier molecular flexibility index (Phi) is 6.25. The molecule has 5 nitrogen and oxygen atoms in total. The number of hydrogen-bond acceptors (Lipinski definition) is 5. The topological polar surface area (TPSA) is 60.7 Å². The van der Waals surface area contributed by atoms with Crippen molar-refractivity contribution in [2.75, 3.05) is 6.61 Å². The molecule has 4 atom stereocenters. The van der Waals surface area contributed by atoms with E-state index in [2.05, 4.69) is 42.5 Å². The molecule has 5 rings (SSSR count). The third kappa shape index (κ3) is 4.17. The van der Waals surface area contributed by atoms with Crippen LogP contribution in [0.4, 0.5) is 0 Å². The summed E-state index contributed by atoms with van der Waals surface area (Å²) in [5, 5.41) is 9.43. The summed E-state index contributed by atoms with van der Waals surface area (Å²) >= 11 is 0. The minimum Gasteiger partial charge on any atom is -0.366 e. The van der Waals surface area contributed by atoms with E-state index in [4.69, 9.17) is 18.9 Å². The molecule has 0 bridgehead atoms. The Hall–Kier alpha value is -3.01.